The fourth-order valence-electron chi connectivity index (χ4n) is 3.07. The summed E-state index contributed by atoms with van der Waals surface area (Å²) in [5.74, 6) is 0.173. The molecule has 0 N–H and O–H groups in total. The van der Waals surface area contributed by atoms with Crippen molar-refractivity contribution < 1.29 is 4.39 Å². The lowest BCUT2D eigenvalue weighted by atomic mass is 10.2. The van der Waals surface area contributed by atoms with Gasteiger partial charge in [-0.3, -0.25) is 4.79 Å². The number of halogens is 2. The van der Waals surface area contributed by atoms with Crippen LogP contribution in [0.5, 0.6) is 0 Å². The minimum Gasteiger partial charge on any atom is -0.267 e. The maximum atomic E-state index is 13.1. The Labute approximate surface area is 170 Å². The van der Waals surface area contributed by atoms with Crippen LogP contribution in [0.2, 0.25) is 5.15 Å². The first-order valence-corrected chi connectivity index (χ1v) is 9.32. The summed E-state index contributed by atoms with van der Waals surface area (Å²) in [6.07, 6.45) is 1.51. The Kier molecular flexibility index (Phi) is 4.98. The van der Waals surface area contributed by atoms with E-state index in [0.29, 0.717) is 39.7 Å². The molecule has 0 aliphatic carbocycles. The van der Waals surface area contributed by atoms with Crippen LogP contribution in [0.25, 0.3) is 10.9 Å². The van der Waals surface area contributed by atoms with Crippen molar-refractivity contribution in [3.05, 3.63) is 92.5 Å². The van der Waals surface area contributed by atoms with Gasteiger partial charge >= 0.3 is 0 Å². The lowest BCUT2D eigenvalue weighted by molar-refractivity contribution is 0.624. The van der Waals surface area contributed by atoms with E-state index in [1.54, 1.807) is 41.9 Å². The van der Waals surface area contributed by atoms with Gasteiger partial charge in [0.15, 0.2) is 0 Å². The molecule has 0 bridgehead atoms. The second kappa shape index (κ2) is 7.60. The summed E-state index contributed by atoms with van der Waals surface area (Å²) in [6, 6.07) is 13.3. The van der Waals surface area contributed by atoms with Gasteiger partial charge in [0.2, 0.25) is 0 Å². The van der Waals surface area contributed by atoms with Crippen molar-refractivity contribution in [2.45, 2.75) is 20.4 Å². The molecular weight excluding hydrogens is 393 g/mol. The van der Waals surface area contributed by atoms with Crippen LogP contribution >= 0.6 is 11.6 Å². The van der Waals surface area contributed by atoms with Crippen molar-refractivity contribution in [1.82, 2.24) is 19.4 Å². The number of aromatic nitrogens is 4. The van der Waals surface area contributed by atoms with Gasteiger partial charge < -0.3 is 0 Å². The molecule has 29 heavy (non-hydrogen) atoms. The van der Waals surface area contributed by atoms with Crippen LogP contribution in [0.1, 0.15) is 22.6 Å². The van der Waals surface area contributed by atoms with Crippen LogP contribution in [-0.4, -0.2) is 25.7 Å². The third-order valence-corrected chi connectivity index (χ3v) is 4.97. The van der Waals surface area contributed by atoms with Crippen molar-refractivity contribution in [2.24, 2.45) is 5.10 Å². The first-order valence-electron chi connectivity index (χ1n) is 8.94. The van der Waals surface area contributed by atoms with Crippen LogP contribution < -0.4 is 5.56 Å². The van der Waals surface area contributed by atoms with E-state index in [1.165, 1.54) is 23.0 Å². The molecule has 0 saturated heterocycles. The molecule has 0 fully saturated rings. The molecule has 0 aliphatic rings. The number of para-hydroxylation sites is 1. The fourth-order valence-corrected chi connectivity index (χ4v) is 3.35. The van der Waals surface area contributed by atoms with Gasteiger partial charge in [-0.1, -0.05) is 35.9 Å². The van der Waals surface area contributed by atoms with E-state index in [-0.39, 0.29) is 11.4 Å². The van der Waals surface area contributed by atoms with E-state index in [2.05, 4.69) is 15.2 Å². The van der Waals surface area contributed by atoms with E-state index >= 15 is 0 Å². The summed E-state index contributed by atoms with van der Waals surface area (Å²) in [7, 11) is 0. The molecule has 6 nitrogen and oxygen atoms in total. The maximum absolute atomic E-state index is 13.1. The van der Waals surface area contributed by atoms with Gasteiger partial charge in [-0.2, -0.15) is 14.9 Å². The van der Waals surface area contributed by atoms with Crippen LogP contribution in [0, 0.1) is 19.7 Å². The fraction of sp³-hybridized carbons (Fsp3) is 0.143. The van der Waals surface area contributed by atoms with Crippen molar-refractivity contribution in [1.29, 1.82) is 0 Å². The Hall–Kier alpha value is -3.32. The SMILES string of the molecule is Cc1nn(Cc2ccc(F)cc2)c(Cl)c1C=Nn1c(C)nc2ccccc2c1=O. The molecule has 0 atom stereocenters. The molecule has 8 heteroatoms. The summed E-state index contributed by atoms with van der Waals surface area (Å²) >= 11 is 6.48. The number of nitrogens with zero attached hydrogens (tertiary/aromatic N) is 5. The molecular formula is C21H17ClFN5O. The lowest BCUT2D eigenvalue weighted by Crippen LogP contribution is -2.20. The van der Waals surface area contributed by atoms with Gasteiger partial charge in [-0.15, -0.1) is 0 Å². The molecule has 0 unspecified atom stereocenters. The molecule has 146 valence electrons. The first-order chi connectivity index (χ1) is 13.9. The van der Waals surface area contributed by atoms with Gasteiger partial charge in [-0.25, -0.2) is 14.1 Å². The predicted octanol–water partition coefficient (Wildman–Crippen LogP) is 3.93. The second-order valence-corrected chi connectivity index (χ2v) is 6.97. The quantitative estimate of drug-likeness (QED) is 0.480. The largest absolute Gasteiger partial charge is 0.282 e. The predicted molar refractivity (Wildman–Crippen MR) is 111 cm³/mol. The van der Waals surface area contributed by atoms with Crippen LogP contribution in [-0.2, 0) is 6.54 Å². The Balaban J connectivity index is 1.69. The lowest BCUT2D eigenvalue weighted by Gasteiger charge is -2.05. The van der Waals surface area contributed by atoms with Gasteiger partial charge in [0.05, 0.1) is 34.9 Å². The summed E-state index contributed by atoms with van der Waals surface area (Å²) in [5, 5.41) is 9.62. The van der Waals surface area contributed by atoms with Gasteiger partial charge in [0, 0.05) is 0 Å². The van der Waals surface area contributed by atoms with Crippen LogP contribution in [0.15, 0.2) is 58.4 Å². The highest BCUT2D eigenvalue weighted by molar-refractivity contribution is 6.32. The molecule has 2 heterocycles. The zero-order valence-electron chi connectivity index (χ0n) is 15.8. The van der Waals surface area contributed by atoms with E-state index in [0.717, 1.165) is 5.56 Å². The minimum atomic E-state index is -0.297. The molecule has 4 aromatic rings. The van der Waals surface area contributed by atoms with Crippen LogP contribution in [0.3, 0.4) is 0 Å². The van der Waals surface area contributed by atoms with E-state index in [1.807, 2.05) is 13.0 Å². The molecule has 0 radical (unpaired) electrons. The van der Waals surface area contributed by atoms with E-state index in [4.69, 9.17) is 11.6 Å². The third kappa shape index (κ3) is 3.69. The number of rotatable bonds is 4. The third-order valence-electron chi connectivity index (χ3n) is 4.57. The van der Waals surface area contributed by atoms with Gasteiger partial charge in [0.1, 0.15) is 16.8 Å². The number of benzene rings is 2. The zero-order valence-corrected chi connectivity index (χ0v) is 16.6. The Morgan fingerprint density at radius 3 is 2.62 bits per heavy atom. The van der Waals surface area contributed by atoms with Crippen molar-refractivity contribution in [3.8, 4) is 0 Å². The minimum absolute atomic E-state index is 0.253. The van der Waals surface area contributed by atoms with Crippen molar-refractivity contribution >= 4 is 28.7 Å². The summed E-state index contributed by atoms with van der Waals surface area (Å²) in [5.41, 5.74) is 2.51. The maximum Gasteiger partial charge on any atom is 0.282 e. The van der Waals surface area contributed by atoms with E-state index < -0.39 is 0 Å². The molecule has 0 spiro atoms. The van der Waals surface area contributed by atoms with Crippen LogP contribution in [0.4, 0.5) is 4.39 Å². The average molecular weight is 410 g/mol. The summed E-state index contributed by atoms with van der Waals surface area (Å²) < 4.78 is 16.0. The molecule has 2 aromatic heterocycles. The smallest absolute Gasteiger partial charge is 0.267 e. The monoisotopic (exact) mass is 409 g/mol. The Bertz CT molecular complexity index is 1290. The normalized spacial score (nSPS) is 11.6. The van der Waals surface area contributed by atoms with Crippen molar-refractivity contribution in [2.75, 3.05) is 0 Å². The van der Waals surface area contributed by atoms with E-state index in [9.17, 15) is 9.18 Å². The topological polar surface area (TPSA) is 65.1 Å². The number of hydrogen-bond acceptors (Lipinski definition) is 4. The Morgan fingerprint density at radius 2 is 1.86 bits per heavy atom. The highest BCUT2D eigenvalue weighted by atomic mass is 35.5. The first kappa shape index (κ1) is 19.0. The standard InChI is InChI=1S/C21H17ClFN5O/c1-13-18(20(22)27(26-13)12-15-7-9-16(23)10-8-15)11-24-28-14(2)25-19-6-4-3-5-17(19)21(28)29/h3-11H,12H2,1-2H3. The summed E-state index contributed by atoms with van der Waals surface area (Å²) in [4.78, 5) is 17.2. The molecule has 0 saturated carbocycles. The highest BCUT2D eigenvalue weighted by Gasteiger charge is 2.13. The number of hydrogen-bond donors (Lipinski definition) is 0. The number of aryl methyl sites for hydroxylation is 2. The number of fused-ring (bicyclic) bond motifs is 1. The zero-order chi connectivity index (χ0) is 20.5. The van der Waals surface area contributed by atoms with Crippen molar-refractivity contribution in [3.63, 3.8) is 0 Å². The molecule has 2 aromatic carbocycles. The van der Waals surface area contributed by atoms with Gasteiger partial charge in [-0.05, 0) is 43.7 Å². The summed E-state index contributed by atoms with van der Waals surface area (Å²) in [6.45, 7) is 3.92. The Morgan fingerprint density at radius 1 is 1.14 bits per heavy atom. The molecule has 0 aliphatic heterocycles. The molecule has 0 amide bonds. The van der Waals surface area contributed by atoms with Gasteiger partial charge in [0.25, 0.3) is 5.56 Å². The molecule has 4 rings (SSSR count). The second-order valence-electron chi connectivity index (χ2n) is 6.61. The highest BCUT2D eigenvalue weighted by Crippen LogP contribution is 2.19. The average Bonchev–Trinajstić information content (AvgIpc) is 2.96.